The summed E-state index contributed by atoms with van der Waals surface area (Å²) in [5.41, 5.74) is 3.35. The molecule has 1 aliphatic rings. The number of amides is 2. The summed E-state index contributed by atoms with van der Waals surface area (Å²) in [6, 6.07) is 9.46. The fourth-order valence-electron chi connectivity index (χ4n) is 4.15. The summed E-state index contributed by atoms with van der Waals surface area (Å²) < 4.78 is 15.6. The van der Waals surface area contributed by atoms with E-state index < -0.39 is 0 Å². The van der Waals surface area contributed by atoms with E-state index in [9.17, 15) is 9.59 Å². The molecule has 0 bridgehead atoms. The number of aromatic nitrogens is 1. The SMILES string of the molecule is COCC(=O)N1CCC(c2nc(C)ccc2C(=O)NCCc2ccc(OC)c(OC)c2)CC1. The largest absolute Gasteiger partial charge is 0.493 e. The van der Waals surface area contributed by atoms with Gasteiger partial charge < -0.3 is 24.4 Å². The molecule has 0 unspecified atom stereocenters. The van der Waals surface area contributed by atoms with Crippen LogP contribution in [0.25, 0.3) is 0 Å². The number of methoxy groups -OCH3 is 3. The molecular weight excluding hydrogens is 422 g/mol. The van der Waals surface area contributed by atoms with Crippen molar-refractivity contribution in [2.75, 3.05) is 47.6 Å². The highest BCUT2D eigenvalue weighted by atomic mass is 16.5. The molecule has 0 radical (unpaired) electrons. The molecule has 1 fully saturated rings. The van der Waals surface area contributed by atoms with Crippen molar-refractivity contribution in [1.82, 2.24) is 15.2 Å². The van der Waals surface area contributed by atoms with Crippen molar-refractivity contribution >= 4 is 11.8 Å². The number of carbonyl (C=O) groups is 2. The predicted octanol–water partition coefficient (Wildman–Crippen LogP) is 2.73. The average molecular weight is 456 g/mol. The van der Waals surface area contributed by atoms with Gasteiger partial charge in [-0.3, -0.25) is 14.6 Å². The van der Waals surface area contributed by atoms with Crippen LogP contribution in [0, 0.1) is 6.92 Å². The number of piperidine rings is 1. The minimum atomic E-state index is -0.129. The third-order valence-corrected chi connectivity index (χ3v) is 5.96. The molecule has 8 nitrogen and oxygen atoms in total. The Kier molecular flexibility index (Phi) is 8.65. The van der Waals surface area contributed by atoms with Gasteiger partial charge in [-0.2, -0.15) is 0 Å². The number of benzene rings is 1. The van der Waals surface area contributed by atoms with Gasteiger partial charge in [-0.15, -0.1) is 0 Å². The van der Waals surface area contributed by atoms with E-state index in [1.54, 1.807) is 14.2 Å². The maximum absolute atomic E-state index is 13.0. The van der Waals surface area contributed by atoms with Gasteiger partial charge in [0.05, 0.1) is 25.5 Å². The van der Waals surface area contributed by atoms with Gasteiger partial charge in [0.2, 0.25) is 5.91 Å². The highest BCUT2D eigenvalue weighted by Crippen LogP contribution is 2.30. The first kappa shape index (κ1) is 24.5. The topological polar surface area (TPSA) is 90.0 Å². The van der Waals surface area contributed by atoms with Crippen molar-refractivity contribution in [1.29, 1.82) is 0 Å². The molecule has 1 aliphatic heterocycles. The van der Waals surface area contributed by atoms with E-state index in [4.69, 9.17) is 19.2 Å². The first-order chi connectivity index (χ1) is 16.0. The highest BCUT2D eigenvalue weighted by Gasteiger charge is 2.27. The minimum Gasteiger partial charge on any atom is -0.493 e. The van der Waals surface area contributed by atoms with Crippen molar-refractivity contribution in [3.63, 3.8) is 0 Å². The molecule has 8 heteroatoms. The van der Waals surface area contributed by atoms with Crippen LogP contribution >= 0.6 is 0 Å². The van der Waals surface area contributed by atoms with Crippen molar-refractivity contribution in [2.45, 2.75) is 32.1 Å². The number of aryl methyl sites for hydroxylation is 1. The van der Waals surface area contributed by atoms with Crippen molar-refractivity contribution in [2.24, 2.45) is 0 Å². The molecular formula is C25H33N3O5. The Balaban J connectivity index is 1.63. The zero-order chi connectivity index (χ0) is 23.8. The van der Waals surface area contributed by atoms with Gasteiger partial charge in [-0.1, -0.05) is 6.07 Å². The summed E-state index contributed by atoms with van der Waals surface area (Å²) in [4.78, 5) is 31.6. The molecule has 0 saturated carbocycles. The van der Waals surface area contributed by atoms with Crippen LogP contribution in [0.5, 0.6) is 11.5 Å². The van der Waals surface area contributed by atoms with Crippen LogP contribution in [0.2, 0.25) is 0 Å². The van der Waals surface area contributed by atoms with Gasteiger partial charge in [0.1, 0.15) is 6.61 Å². The van der Waals surface area contributed by atoms with E-state index in [1.807, 2.05) is 42.2 Å². The summed E-state index contributed by atoms with van der Waals surface area (Å²) >= 11 is 0. The molecule has 33 heavy (non-hydrogen) atoms. The second kappa shape index (κ2) is 11.7. The number of nitrogens with one attached hydrogen (secondary N) is 1. The average Bonchev–Trinajstić information content (AvgIpc) is 2.84. The number of ether oxygens (including phenoxy) is 3. The van der Waals surface area contributed by atoms with E-state index in [-0.39, 0.29) is 24.3 Å². The van der Waals surface area contributed by atoms with Gasteiger partial charge in [0, 0.05) is 38.4 Å². The fraction of sp³-hybridized carbons (Fsp3) is 0.480. The van der Waals surface area contributed by atoms with Crippen LogP contribution in [-0.4, -0.2) is 69.3 Å². The molecule has 0 atom stereocenters. The quantitative estimate of drug-likeness (QED) is 0.625. The first-order valence-corrected chi connectivity index (χ1v) is 11.2. The maximum Gasteiger partial charge on any atom is 0.253 e. The smallest absolute Gasteiger partial charge is 0.253 e. The van der Waals surface area contributed by atoms with Crippen molar-refractivity contribution in [3.05, 3.63) is 52.8 Å². The number of rotatable bonds is 9. The van der Waals surface area contributed by atoms with Crippen molar-refractivity contribution < 1.29 is 23.8 Å². The third-order valence-electron chi connectivity index (χ3n) is 5.96. The molecule has 1 saturated heterocycles. The summed E-state index contributed by atoms with van der Waals surface area (Å²) in [7, 11) is 4.73. The molecule has 3 rings (SSSR count). The van der Waals surface area contributed by atoms with E-state index >= 15 is 0 Å². The lowest BCUT2D eigenvalue weighted by atomic mass is 9.89. The Bertz CT molecular complexity index is 971. The van der Waals surface area contributed by atoms with Crippen LogP contribution < -0.4 is 14.8 Å². The first-order valence-electron chi connectivity index (χ1n) is 11.2. The minimum absolute atomic E-state index is 0.00119. The Morgan fingerprint density at radius 3 is 2.45 bits per heavy atom. The van der Waals surface area contributed by atoms with Crippen LogP contribution in [0.1, 0.15) is 46.1 Å². The molecule has 0 aliphatic carbocycles. The van der Waals surface area contributed by atoms with Gasteiger partial charge in [-0.05, 0) is 56.0 Å². The third kappa shape index (κ3) is 6.22. The molecule has 178 valence electrons. The second-order valence-electron chi connectivity index (χ2n) is 8.17. The van der Waals surface area contributed by atoms with E-state index in [1.165, 1.54) is 7.11 Å². The van der Waals surface area contributed by atoms with Gasteiger partial charge in [0.25, 0.3) is 5.91 Å². The van der Waals surface area contributed by atoms with Crippen LogP contribution in [0.4, 0.5) is 0 Å². The monoisotopic (exact) mass is 455 g/mol. The molecule has 2 amide bonds. The number of likely N-dealkylation sites (tertiary alicyclic amines) is 1. The summed E-state index contributed by atoms with van der Waals surface area (Å²) in [6.07, 6.45) is 2.22. The molecule has 2 aromatic rings. The lowest BCUT2D eigenvalue weighted by Gasteiger charge is -2.32. The van der Waals surface area contributed by atoms with E-state index in [0.717, 1.165) is 29.8 Å². The van der Waals surface area contributed by atoms with Crippen molar-refractivity contribution in [3.8, 4) is 11.5 Å². The number of nitrogens with zero attached hydrogens (tertiary/aromatic N) is 2. The van der Waals surface area contributed by atoms with Gasteiger partial charge in [-0.25, -0.2) is 0 Å². The second-order valence-corrected chi connectivity index (χ2v) is 8.17. The summed E-state index contributed by atoms with van der Waals surface area (Å²) in [5, 5.41) is 3.02. The highest BCUT2D eigenvalue weighted by molar-refractivity contribution is 5.95. The Morgan fingerprint density at radius 1 is 1.06 bits per heavy atom. The normalized spacial score (nSPS) is 14.1. The Hall–Kier alpha value is -3.13. The van der Waals surface area contributed by atoms with E-state index in [2.05, 4.69) is 5.32 Å². The van der Waals surface area contributed by atoms with Crippen LogP contribution in [-0.2, 0) is 16.0 Å². The molecule has 0 spiro atoms. The number of hydrogen-bond acceptors (Lipinski definition) is 6. The fourth-order valence-corrected chi connectivity index (χ4v) is 4.15. The summed E-state index contributed by atoms with van der Waals surface area (Å²) in [6.45, 7) is 3.80. The summed E-state index contributed by atoms with van der Waals surface area (Å²) in [5.74, 6) is 1.36. The van der Waals surface area contributed by atoms with Gasteiger partial charge >= 0.3 is 0 Å². The standard InChI is InChI=1S/C25H33N3O5/c1-17-5-7-20(24(27-17)19-10-13-28(14-11-19)23(29)16-31-2)25(30)26-12-9-18-6-8-21(32-3)22(15-18)33-4/h5-8,15,19H,9-14,16H2,1-4H3,(H,26,30). The predicted molar refractivity (Wildman–Crippen MR) is 125 cm³/mol. The van der Waals surface area contributed by atoms with Crippen LogP contribution in [0.15, 0.2) is 30.3 Å². The zero-order valence-electron chi connectivity index (χ0n) is 19.8. The lowest BCUT2D eigenvalue weighted by molar-refractivity contribution is -0.136. The Morgan fingerprint density at radius 2 is 1.79 bits per heavy atom. The molecule has 1 N–H and O–H groups in total. The number of hydrogen-bond donors (Lipinski definition) is 1. The lowest BCUT2D eigenvalue weighted by Crippen LogP contribution is -2.40. The maximum atomic E-state index is 13.0. The van der Waals surface area contributed by atoms with Crippen LogP contribution in [0.3, 0.4) is 0 Å². The zero-order valence-corrected chi connectivity index (χ0v) is 19.8. The molecule has 2 heterocycles. The molecule has 1 aromatic carbocycles. The van der Waals surface area contributed by atoms with E-state index in [0.29, 0.717) is 43.1 Å². The number of carbonyl (C=O) groups excluding carboxylic acids is 2. The Labute approximate surface area is 195 Å². The molecule has 1 aromatic heterocycles. The number of pyridine rings is 1. The van der Waals surface area contributed by atoms with Gasteiger partial charge in [0.15, 0.2) is 11.5 Å².